The monoisotopic (exact) mass is 237 g/mol. The van der Waals surface area contributed by atoms with Gasteiger partial charge in [-0.2, -0.15) is 5.10 Å². The summed E-state index contributed by atoms with van der Waals surface area (Å²) in [6.07, 6.45) is 6.51. The van der Waals surface area contributed by atoms with E-state index in [0.717, 1.165) is 5.57 Å². The van der Waals surface area contributed by atoms with Crippen LogP contribution in [0.15, 0.2) is 23.1 Å². The van der Waals surface area contributed by atoms with Crippen molar-refractivity contribution < 1.29 is 0 Å². The highest BCUT2D eigenvalue weighted by atomic mass is 35.5. The van der Waals surface area contributed by atoms with Crippen LogP contribution in [-0.2, 0) is 6.54 Å². The molecule has 16 heavy (non-hydrogen) atoms. The lowest BCUT2D eigenvalue weighted by Crippen LogP contribution is -2.26. The van der Waals surface area contributed by atoms with Crippen molar-refractivity contribution in [2.24, 2.45) is 0 Å². The third-order valence-electron chi connectivity index (χ3n) is 1.81. The molecule has 1 N–H and O–H groups in total. The van der Waals surface area contributed by atoms with E-state index in [4.69, 9.17) is 18.0 Å². The summed E-state index contributed by atoms with van der Waals surface area (Å²) in [5.74, 6) is 2.35. The lowest BCUT2D eigenvalue weighted by molar-refractivity contribution is 0.664. The van der Waals surface area contributed by atoms with Crippen molar-refractivity contribution in [2.45, 2.75) is 13.5 Å². The van der Waals surface area contributed by atoms with Crippen LogP contribution < -0.4 is 10.9 Å². The van der Waals surface area contributed by atoms with Crippen molar-refractivity contribution in [3.63, 3.8) is 0 Å². The third-order valence-corrected chi connectivity index (χ3v) is 2.09. The Balaban J connectivity index is 3.07. The first-order chi connectivity index (χ1) is 7.56. The van der Waals surface area contributed by atoms with Gasteiger partial charge in [0.1, 0.15) is 12.2 Å². The van der Waals surface area contributed by atoms with Crippen LogP contribution in [0.2, 0.25) is 5.02 Å². The summed E-state index contributed by atoms with van der Waals surface area (Å²) in [5.41, 5.74) is 0.873. The maximum Gasteiger partial charge on any atom is 0.292 e. The zero-order chi connectivity index (χ0) is 12.1. The van der Waals surface area contributed by atoms with Crippen molar-refractivity contribution >= 4 is 17.3 Å². The first-order valence-corrected chi connectivity index (χ1v) is 5.01. The van der Waals surface area contributed by atoms with E-state index in [0.29, 0.717) is 12.2 Å². The van der Waals surface area contributed by atoms with Gasteiger partial charge in [-0.15, -0.1) is 6.42 Å². The lowest BCUT2D eigenvalue weighted by atomic mass is 10.3. The van der Waals surface area contributed by atoms with E-state index in [2.05, 4.69) is 22.9 Å². The summed E-state index contributed by atoms with van der Waals surface area (Å²) >= 11 is 5.87. The molecule has 5 heteroatoms. The van der Waals surface area contributed by atoms with E-state index in [1.165, 1.54) is 10.9 Å². The Morgan fingerprint density at radius 1 is 1.81 bits per heavy atom. The van der Waals surface area contributed by atoms with Gasteiger partial charge in [0.2, 0.25) is 0 Å². The van der Waals surface area contributed by atoms with Gasteiger partial charge in [0.25, 0.3) is 5.56 Å². The minimum absolute atomic E-state index is 0.123. The fraction of sp³-hybridized carbons (Fsp3) is 0.273. The number of hydrogen-bond donors (Lipinski definition) is 1. The van der Waals surface area contributed by atoms with Crippen LogP contribution in [-0.4, -0.2) is 16.3 Å². The molecular formula is C11H12ClN3O. The summed E-state index contributed by atoms with van der Waals surface area (Å²) in [6, 6.07) is 0. The second-order valence-electron chi connectivity index (χ2n) is 3.35. The number of hydrogen-bond acceptors (Lipinski definition) is 3. The molecule has 0 aliphatic heterocycles. The summed E-state index contributed by atoms with van der Waals surface area (Å²) < 4.78 is 1.17. The molecule has 1 aromatic heterocycles. The van der Waals surface area contributed by atoms with E-state index in [9.17, 15) is 4.79 Å². The van der Waals surface area contributed by atoms with Crippen molar-refractivity contribution in [2.75, 3.05) is 11.9 Å². The Labute approximate surface area is 98.9 Å². The Morgan fingerprint density at radius 2 is 2.50 bits per heavy atom. The quantitative estimate of drug-likeness (QED) is 0.638. The van der Waals surface area contributed by atoms with Crippen LogP contribution in [0.5, 0.6) is 0 Å². The van der Waals surface area contributed by atoms with Crippen LogP contribution >= 0.6 is 11.6 Å². The zero-order valence-corrected chi connectivity index (χ0v) is 9.71. The average molecular weight is 238 g/mol. The maximum atomic E-state index is 11.8. The number of nitrogens with zero attached hydrogens (tertiary/aromatic N) is 2. The Hall–Kier alpha value is -1.73. The largest absolute Gasteiger partial charge is 0.376 e. The normalized spacial score (nSPS) is 9.56. The molecule has 0 spiro atoms. The smallest absolute Gasteiger partial charge is 0.292 e. The SMILES string of the molecule is C#CCn1ncc(Cl)c(NCC(=C)C)c1=O. The van der Waals surface area contributed by atoms with Gasteiger partial charge in [0.15, 0.2) is 0 Å². The Morgan fingerprint density at radius 3 is 3.06 bits per heavy atom. The van der Waals surface area contributed by atoms with Crippen LogP contribution in [0, 0.1) is 12.3 Å². The predicted octanol–water partition coefficient (Wildman–Crippen LogP) is 1.52. The standard InChI is InChI=1S/C11H12ClN3O/c1-4-5-15-11(16)10(9(12)7-14-15)13-6-8(2)3/h1,7,13H,2,5-6H2,3H3. The first kappa shape index (κ1) is 12.3. The van der Waals surface area contributed by atoms with Gasteiger partial charge in [-0.05, 0) is 6.92 Å². The number of rotatable bonds is 4. The minimum atomic E-state index is -0.327. The highest BCUT2D eigenvalue weighted by Crippen LogP contribution is 2.14. The van der Waals surface area contributed by atoms with Gasteiger partial charge in [-0.1, -0.05) is 29.7 Å². The molecule has 4 nitrogen and oxygen atoms in total. The van der Waals surface area contributed by atoms with Gasteiger partial charge in [0.05, 0.1) is 11.2 Å². The molecular weight excluding hydrogens is 226 g/mol. The van der Waals surface area contributed by atoms with Crippen LogP contribution in [0.4, 0.5) is 5.69 Å². The van der Waals surface area contributed by atoms with Crippen molar-refractivity contribution in [3.8, 4) is 12.3 Å². The molecule has 0 unspecified atom stereocenters. The second-order valence-corrected chi connectivity index (χ2v) is 3.75. The molecule has 0 aliphatic rings. The molecule has 84 valence electrons. The Bertz CT molecular complexity index is 499. The highest BCUT2D eigenvalue weighted by Gasteiger charge is 2.08. The number of terminal acetylenes is 1. The van der Waals surface area contributed by atoms with Crippen LogP contribution in [0.25, 0.3) is 0 Å². The molecule has 0 aromatic carbocycles. The van der Waals surface area contributed by atoms with E-state index < -0.39 is 0 Å². The van der Waals surface area contributed by atoms with Gasteiger partial charge in [-0.25, -0.2) is 4.68 Å². The molecule has 0 saturated heterocycles. The van der Waals surface area contributed by atoms with Gasteiger partial charge >= 0.3 is 0 Å². The Kier molecular flexibility index (Phi) is 4.15. The topological polar surface area (TPSA) is 46.9 Å². The summed E-state index contributed by atoms with van der Waals surface area (Å²) in [4.78, 5) is 11.8. The molecule has 0 bridgehead atoms. The second kappa shape index (κ2) is 5.38. The minimum Gasteiger partial charge on any atom is -0.376 e. The number of aromatic nitrogens is 2. The average Bonchev–Trinajstić information content (AvgIpc) is 2.22. The van der Waals surface area contributed by atoms with Gasteiger partial charge in [-0.3, -0.25) is 4.79 Å². The molecule has 0 fully saturated rings. The third kappa shape index (κ3) is 2.88. The molecule has 0 aliphatic carbocycles. The van der Waals surface area contributed by atoms with E-state index in [-0.39, 0.29) is 17.1 Å². The van der Waals surface area contributed by atoms with Crippen molar-refractivity contribution in [3.05, 3.63) is 33.7 Å². The van der Waals surface area contributed by atoms with Crippen molar-refractivity contribution in [1.29, 1.82) is 0 Å². The molecule has 0 saturated carbocycles. The molecule has 1 heterocycles. The van der Waals surface area contributed by atoms with Crippen LogP contribution in [0.1, 0.15) is 6.92 Å². The fourth-order valence-corrected chi connectivity index (χ4v) is 1.26. The number of nitrogens with one attached hydrogen (secondary N) is 1. The van der Waals surface area contributed by atoms with E-state index >= 15 is 0 Å². The molecule has 0 radical (unpaired) electrons. The lowest BCUT2D eigenvalue weighted by Gasteiger charge is -2.08. The first-order valence-electron chi connectivity index (χ1n) is 4.63. The van der Waals surface area contributed by atoms with Crippen molar-refractivity contribution in [1.82, 2.24) is 9.78 Å². The van der Waals surface area contributed by atoms with Crippen LogP contribution in [0.3, 0.4) is 0 Å². The summed E-state index contributed by atoms with van der Waals surface area (Å²) in [7, 11) is 0. The number of halogens is 1. The van der Waals surface area contributed by atoms with Gasteiger partial charge in [0, 0.05) is 6.54 Å². The maximum absolute atomic E-state index is 11.8. The zero-order valence-electron chi connectivity index (χ0n) is 8.96. The predicted molar refractivity (Wildman–Crippen MR) is 65.6 cm³/mol. The molecule has 0 amide bonds. The van der Waals surface area contributed by atoms with Gasteiger partial charge < -0.3 is 5.32 Å². The number of anilines is 1. The highest BCUT2D eigenvalue weighted by molar-refractivity contribution is 6.33. The van der Waals surface area contributed by atoms with E-state index in [1.54, 1.807) is 0 Å². The molecule has 0 atom stereocenters. The molecule has 1 rings (SSSR count). The fourth-order valence-electron chi connectivity index (χ4n) is 1.07. The van der Waals surface area contributed by atoms with E-state index in [1.807, 2.05) is 6.92 Å². The molecule has 1 aromatic rings. The summed E-state index contributed by atoms with van der Waals surface area (Å²) in [5, 5.41) is 7.01. The summed E-state index contributed by atoms with van der Waals surface area (Å²) in [6.45, 7) is 6.18.